The molecule has 5 nitrogen and oxygen atoms in total. The van der Waals surface area contributed by atoms with Gasteiger partial charge in [-0.1, -0.05) is 12.1 Å². The lowest BCUT2D eigenvalue weighted by molar-refractivity contribution is -0.139. The fraction of sp³-hybridized carbons (Fsp3) is 0.263. The van der Waals surface area contributed by atoms with E-state index in [0.717, 1.165) is 28.9 Å². The van der Waals surface area contributed by atoms with Gasteiger partial charge < -0.3 is 15.2 Å². The van der Waals surface area contributed by atoms with Crippen molar-refractivity contribution in [3.8, 4) is 5.75 Å². The van der Waals surface area contributed by atoms with Crippen molar-refractivity contribution in [2.45, 2.75) is 26.3 Å². The number of aryl methyl sites for hydroxylation is 2. The van der Waals surface area contributed by atoms with Crippen molar-refractivity contribution in [2.75, 3.05) is 6.61 Å². The minimum absolute atomic E-state index is 0.401. The van der Waals surface area contributed by atoms with Crippen molar-refractivity contribution < 1.29 is 19.4 Å². The number of hydrogen-bond donors (Lipinski definition) is 2. The molecule has 1 atom stereocenters. The Morgan fingerprint density at radius 3 is 2.62 bits per heavy atom. The lowest BCUT2D eigenvalue weighted by Gasteiger charge is -2.16. The van der Waals surface area contributed by atoms with E-state index in [4.69, 9.17) is 4.74 Å². The van der Waals surface area contributed by atoms with Crippen molar-refractivity contribution in [1.82, 2.24) is 5.32 Å². The number of rotatable bonds is 4. The highest BCUT2D eigenvalue weighted by atomic mass is 16.5. The molecule has 2 aromatic carbocycles. The molecule has 1 aliphatic rings. The maximum Gasteiger partial charge on any atom is 0.330 e. The number of carbonyl (C=O) groups excluding carboxylic acids is 1. The van der Waals surface area contributed by atoms with Crippen LogP contribution in [0.2, 0.25) is 0 Å². The van der Waals surface area contributed by atoms with E-state index in [-0.39, 0.29) is 0 Å². The SMILES string of the molecule is Cc1ccc(C(=O)NC(C(=O)O)c2ccc3c(c2)CCO3)cc1C. The van der Waals surface area contributed by atoms with Gasteiger partial charge in [0.05, 0.1) is 6.61 Å². The molecule has 0 aliphatic carbocycles. The third kappa shape index (κ3) is 3.11. The molecule has 1 heterocycles. The van der Waals surface area contributed by atoms with Crippen LogP contribution in [0.4, 0.5) is 0 Å². The molecule has 0 bridgehead atoms. The highest BCUT2D eigenvalue weighted by molar-refractivity contribution is 5.97. The topological polar surface area (TPSA) is 75.6 Å². The third-order valence-corrected chi connectivity index (χ3v) is 4.34. The van der Waals surface area contributed by atoms with Crippen LogP contribution in [0, 0.1) is 13.8 Å². The Labute approximate surface area is 140 Å². The number of hydrogen-bond acceptors (Lipinski definition) is 3. The van der Waals surface area contributed by atoms with Gasteiger partial charge in [-0.2, -0.15) is 0 Å². The number of amides is 1. The molecule has 0 radical (unpaired) electrons. The zero-order valence-corrected chi connectivity index (χ0v) is 13.6. The molecule has 3 rings (SSSR count). The smallest absolute Gasteiger partial charge is 0.330 e. The first-order valence-corrected chi connectivity index (χ1v) is 7.82. The number of carbonyl (C=O) groups is 2. The molecular weight excluding hydrogens is 306 g/mol. The molecule has 0 saturated heterocycles. The first kappa shape index (κ1) is 16.1. The second-order valence-corrected chi connectivity index (χ2v) is 6.01. The van der Waals surface area contributed by atoms with Gasteiger partial charge >= 0.3 is 5.97 Å². The monoisotopic (exact) mass is 325 g/mol. The van der Waals surface area contributed by atoms with E-state index >= 15 is 0 Å². The number of carboxylic acid groups (broad SMARTS) is 1. The predicted octanol–water partition coefficient (Wildman–Crippen LogP) is 2.79. The quantitative estimate of drug-likeness (QED) is 0.906. The van der Waals surface area contributed by atoms with E-state index in [1.54, 1.807) is 30.3 Å². The molecule has 1 aliphatic heterocycles. The zero-order chi connectivity index (χ0) is 17.3. The lowest BCUT2D eigenvalue weighted by atomic mass is 10.0. The van der Waals surface area contributed by atoms with Crippen LogP contribution in [0.3, 0.4) is 0 Å². The van der Waals surface area contributed by atoms with Gasteiger partial charge in [-0.3, -0.25) is 4.79 Å². The maximum atomic E-state index is 12.4. The molecule has 124 valence electrons. The number of nitrogens with one attached hydrogen (secondary N) is 1. The van der Waals surface area contributed by atoms with Gasteiger partial charge in [0.2, 0.25) is 0 Å². The van der Waals surface area contributed by atoms with Crippen molar-refractivity contribution in [1.29, 1.82) is 0 Å². The average molecular weight is 325 g/mol. The molecule has 0 fully saturated rings. The van der Waals surface area contributed by atoms with Crippen LogP contribution >= 0.6 is 0 Å². The Bertz CT molecular complexity index is 813. The lowest BCUT2D eigenvalue weighted by Crippen LogP contribution is -2.33. The van der Waals surface area contributed by atoms with Gasteiger partial charge in [0, 0.05) is 12.0 Å². The average Bonchev–Trinajstić information content (AvgIpc) is 3.02. The summed E-state index contributed by atoms with van der Waals surface area (Å²) in [5.74, 6) is -0.711. The summed E-state index contributed by atoms with van der Waals surface area (Å²) in [5.41, 5.74) is 4.04. The van der Waals surface area contributed by atoms with Crippen LogP contribution in [-0.2, 0) is 11.2 Å². The van der Waals surface area contributed by atoms with E-state index in [9.17, 15) is 14.7 Å². The minimum atomic E-state index is -1.09. The predicted molar refractivity (Wildman–Crippen MR) is 89.4 cm³/mol. The van der Waals surface area contributed by atoms with E-state index in [1.165, 1.54) is 0 Å². The summed E-state index contributed by atoms with van der Waals surface area (Å²) in [7, 11) is 0. The third-order valence-electron chi connectivity index (χ3n) is 4.34. The molecule has 0 aromatic heterocycles. The summed E-state index contributed by atoms with van der Waals surface area (Å²) in [4.78, 5) is 24.1. The van der Waals surface area contributed by atoms with Crippen molar-refractivity contribution in [2.24, 2.45) is 0 Å². The number of benzene rings is 2. The second-order valence-electron chi connectivity index (χ2n) is 6.01. The largest absolute Gasteiger partial charge is 0.493 e. The van der Waals surface area contributed by atoms with Crippen LogP contribution in [0.5, 0.6) is 5.75 Å². The molecule has 5 heteroatoms. The Kier molecular flexibility index (Phi) is 4.25. The van der Waals surface area contributed by atoms with E-state index in [2.05, 4.69) is 5.32 Å². The van der Waals surface area contributed by atoms with E-state index in [0.29, 0.717) is 17.7 Å². The second kappa shape index (κ2) is 6.35. The molecule has 24 heavy (non-hydrogen) atoms. The fourth-order valence-electron chi connectivity index (χ4n) is 2.77. The van der Waals surface area contributed by atoms with Gasteiger partial charge in [0.25, 0.3) is 5.91 Å². The number of fused-ring (bicyclic) bond motifs is 1. The molecule has 1 amide bonds. The van der Waals surface area contributed by atoms with Gasteiger partial charge in [-0.05, 0) is 60.4 Å². The van der Waals surface area contributed by atoms with Crippen molar-refractivity contribution >= 4 is 11.9 Å². The molecular formula is C19H19NO4. The van der Waals surface area contributed by atoms with Crippen molar-refractivity contribution in [3.05, 3.63) is 64.2 Å². The fourth-order valence-corrected chi connectivity index (χ4v) is 2.77. The Morgan fingerprint density at radius 2 is 1.92 bits per heavy atom. The Hall–Kier alpha value is -2.82. The Morgan fingerprint density at radius 1 is 1.12 bits per heavy atom. The number of carboxylic acids is 1. The number of ether oxygens (including phenoxy) is 1. The zero-order valence-electron chi connectivity index (χ0n) is 13.6. The van der Waals surface area contributed by atoms with Gasteiger partial charge in [0.1, 0.15) is 5.75 Å². The molecule has 0 saturated carbocycles. The first-order valence-electron chi connectivity index (χ1n) is 7.82. The van der Waals surface area contributed by atoms with Crippen LogP contribution in [0.1, 0.15) is 38.7 Å². The standard InChI is InChI=1S/C19H19NO4/c1-11-3-4-15(9-12(11)2)18(21)20-17(19(22)23)14-5-6-16-13(10-14)7-8-24-16/h3-6,9-10,17H,7-8H2,1-2H3,(H,20,21)(H,22,23). The summed E-state index contributed by atoms with van der Waals surface area (Å²) in [5, 5.41) is 12.1. The summed E-state index contributed by atoms with van der Waals surface area (Å²) < 4.78 is 5.43. The van der Waals surface area contributed by atoms with Crippen molar-refractivity contribution in [3.63, 3.8) is 0 Å². The van der Waals surface area contributed by atoms with Crippen LogP contribution in [0.25, 0.3) is 0 Å². The van der Waals surface area contributed by atoms with E-state index < -0.39 is 17.9 Å². The summed E-state index contributed by atoms with van der Waals surface area (Å²) in [6.45, 7) is 4.48. The van der Waals surface area contributed by atoms with Gasteiger partial charge in [-0.25, -0.2) is 4.79 Å². The summed E-state index contributed by atoms with van der Waals surface area (Å²) in [6.07, 6.45) is 0.751. The summed E-state index contributed by atoms with van der Waals surface area (Å²) >= 11 is 0. The van der Waals surface area contributed by atoms with Gasteiger partial charge in [-0.15, -0.1) is 0 Å². The van der Waals surface area contributed by atoms with Crippen LogP contribution < -0.4 is 10.1 Å². The van der Waals surface area contributed by atoms with Crippen LogP contribution in [-0.4, -0.2) is 23.6 Å². The molecule has 2 N–H and O–H groups in total. The first-order chi connectivity index (χ1) is 11.5. The molecule has 2 aromatic rings. The highest BCUT2D eigenvalue weighted by Gasteiger charge is 2.24. The highest BCUT2D eigenvalue weighted by Crippen LogP contribution is 2.28. The normalized spacial score (nSPS) is 13.8. The Balaban J connectivity index is 1.85. The van der Waals surface area contributed by atoms with Crippen LogP contribution in [0.15, 0.2) is 36.4 Å². The minimum Gasteiger partial charge on any atom is -0.493 e. The molecule has 1 unspecified atom stereocenters. The molecule has 0 spiro atoms. The maximum absolute atomic E-state index is 12.4. The summed E-state index contributed by atoms with van der Waals surface area (Å²) in [6, 6.07) is 9.46. The number of aliphatic carboxylic acids is 1. The van der Waals surface area contributed by atoms with Gasteiger partial charge in [0.15, 0.2) is 6.04 Å². The van der Waals surface area contributed by atoms with E-state index in [1.807, 2.05) is 19.9 Å².